The summed E-state index contributed by atoms with van der Waals surface area (Å²) in [6.07, 6.45) is 6.72. The molecule has 0 saturated heterocycles. The molecule has 2 aromatic carbocycles. The van der Waals surface area contributed by atoms with Crippen molar-refractivity contribution >= 4 is 6.41 Å². The first-order chi connectivity index (χ1) is 11.2. The topological polar surface area (TPSA) is 29.1 Å². The van der Waals surface area contributed by atoms with Crippen molar-refractivity contribution in [2.45, 2.75) is 37.5 Å². The molecule has 23 heavy (non-hydrogen) atoms. The molecule has 0 heterocycles. The predicted molar refractivity (Wildman–Crippen MR) is 90.7 cm³/mol. The van der Waals surface area contributed by atoms with E-state index in [4.69, 9.17) is 0 Å². The molecule has 0 spiro atoms. The van der Waals surface area contributed by atoms with Crippen molar-refractivity contribution in [3.63, 3.8) is 0 Å². The fourth-order valence-corrected chi connectivity index (χ4v) is 3.69. The van der Waals surface area contributed by atoms with Gasteiger partial charge in [0, 0.05) is 12.0 Å². The van der Waals surface area contributed by atoms with E-state index in [0.29, 0.717) is 6.54 Å². The lowest BCUT2D eigenvalue weighted by Crippen LogP contribution is -2.39. The molecule has 3 heteroatoms. The number of benzene rings is 2. The van der Waals surface area contributed by atoms with Crippen LogP contribution >= 0.6 is 0 Å². The Morgan fingerprint density at radius 3 is 2.04 bits per heavy atom. The van der Waals surface area contributed by atoms with Gasteiger partial charge in [0.25, 0.3) is 0 Å². The fraction of sp³-hybridized carbons (Fsp3) is 0.350. The number of carbonyl (C=O) groups is 1. The Balaban J connectivity index is 1.86. The maximum absolute atomic E-state index is 13.0. The molecule has 1 aliphatic rings. The van der Waals surface area contributed by atoms with E-state index in [-0.39, 0.29) is 11.2 Å². The van der Waals surface area contributed by atoms with Gasteiger partial charge in [-0.1, -0.05) is 55.7 Å². The van der Waals surface area contributed by atoms with Crippen molar-refractivity contribution in [3.8, 4) is 11.1 Å². The quantitative estimate of drug-likeness (QED) is 0.813. The fourth-order valence-electron chi connectivity index (χ4n) is 3.69. The van der Waals surface area contributed by atoms with Crippen molar-refractivity contribution in [2.24, 2.45) is 0 Å². The molecule has 1 N–H and O–H groups in total. The van der Waals surface area contributed by atoms with Crippen LogP contribution in [0.1, 0.15) is 37.7 Å². The number of hydrogen-bond donors (Lipinski definition) is 1. The van der Waals surface area contributed by atoms with Gasteiger partial charge in [-0.15, -0.1) is 0 Å². The second-order valence-electron chi connectivity index (χ2n) is 6.42. The maximum Gasteiger partial charge on any atom is 0.207 e. The zero-order valence-corrected chi connectivity index (χ0v) is 13.2. The molecular formula is C20H22FNO. The van der Waals surface area contributed by atoms with Crippen LogP contribution in [0, 0.1) is 5.82 Å². The Bertz CT molecular complexity index is 642. The molecule has 3 rings (SSSR count). The van der Waals surface area contributed by atoms with E-state index in [1.54, 1.807) is 12.1 Å². The molecule has 1 amide bonds. The van der Waals surface area contributed by atoms with E-state index in [0.717, 1.165) is 30.4 Å². The van der Waals surface area contributed by atoms with Crippen LogP contribution in [-0.4, -0.2) is 13.0 Å². The van der Waals surface area contributed by atoms with Gasteiger partial charge in [0.15, 0.2) is 0 Å². The van der Waals surface area contributed by atoms with Crippen LogP contribution in [0.15, 0.2) is 48.5 Å². The smallest absolute Gasteiger partial charge is 0.207 e. The summed E-state index contributed by atoms with van der Waals surface area (Å²) in [4.78, 5) is 10.7. The minimum Gasteiger partial charge on any atom is -0.358 e. The molecule has 0 radical (unpaired) electrons. The third-order valence-corrected chi connectivity index (χ3v) is 5.01. The standard InChI is InChI=1S/C20H22FNO/c21-19-10-6-17(7-11-19)16-4-8-18(9-5-16)20(14-22-15-23)12-2-1-3-13-20/h4-11,15H,1-3,12-14H2,(H,22,23). The normalized spacial score (nSPS) is 16.7. The Kier molecular flexibility index (Phi) is 4.75. The molecule has 0 aliphatic heterocycles. The van der Waals surface area contributed by atoms with E-state index >= 15 is 0 Å². The summed E-state index contributed by atoms with van der Waals surface area (Å²) in [5, 5.41) is 2.89. The van der Waals surface area contributed by atoms with Crippen LogP contribution in [0.25, 0.3) is 11.1 Å². The van der Waals surface area contributed by atoms with Gasteiger partial charge in [-0.3, -0.25) is 4.79 Å². The van der Waals surface area contributed by atoms with Gasteiger partial charge in [-0.2, -0.15) is 0 Å². The van der Waals surface area contributed by atoms with Crippen LogP contribution in [0.5, 0.6) is 0 Å². The van der Waals surface area contributed by atoms with Crippen molar-refractivity contribution in [1.29, 1.82) is 0 Å². The maximum atomic E-state index is 13.0. The zero-order valence-electron chi connectivity index (χ0n) is 13.2. The van der Waals surface area contributed by atoms with Crippen LogP contribution < -0.4 is 5.32 Å². The van der Waals surface area contributed by atoms with Crippen LogP contribution in [0.3, 0.4) is 0 Å². The first-order valence-electron chi connectivity index (χ1n) is 8.27. The highest BCUT2D eigenvalue weighted by Gasteiger charge is 2.33. The van der Waals surface area contributed by atoms with Gasteiger partial charge >= 0.3 is 0 Å². The second kappa shape index (κ2) is 6.95. The number of nitrogens with one attached hydrogen (secondary N) is 1. The van der Waals surface area contributed by atoms with Crippen molar-refractivity contribution in [2.75, 3.05) is 6.54 Å². The summed E-state index contributed by atoms with van der Waals surface area (Å²) in [6, 6.07) is 15.1. The molecule has 1 saturated carbocycles. The number of carbonyl (C=O) groups excluding carboxylic acids is 1. The Hall–Kier alpha value is -2.16. The Morgan fingerprint density at radius 1 is 0.913 bits per heavy atom. The minimum absolute atomic E-state index is 0.0560. The number of amides is 1. The highest BCUT2D eigenvalue weighted by atomic mass is 19.1. The first kappa shape index (κ1) is 15.7. The van der Waals surface area contributed by atoms with E-state index in [1.165, 1.54) is 37.0 Å². The monoisotopic (exact) mass is 311 g/mol. The van der Waals surface area contributed by atoms with E-state index < -0.39 is 0 Å². The van der Waals surface area contributed by atoms with Crippen LogP contribution in [-0.2, 0) is 10.2 Å². The lowest BCUT2D eigenvalue weighted by atomic mass is 9.69. The molecule has 1 aliphatic carbocycles. The summed E-state index contributed by atoms with van der Waals surface area (Å²) in [5.74, 6) is -0.216. The van der Waals surface area contributed by atoms with Gasteiger partial charge in [0.1, 0.15) is 5.82 Å². The van der Waals surface area contributed by atoms with E-state index in [9.17, 15) is 9.18 Å². The third-order valence-electron chi connectivity index (χ3n) is 5.01. The van der Waals surface area contributed by atoms with Gasteiger partial charge in [-0.05, 0) is 41.7 Å². The highest BCUT2D eigenvalue weighted by Crippen LogP contribution is 2.39. The SMILES string of the molecule is O=CNCC1(c2ccc(-c3ccc(F)cc3)cc2)CCCCC1. The van der Waals surface area contributed by atoms with Crippen LogP contribution in [0.4, 0.5) is 4.39 Å². The van der Waals surface area contributed by atoms with Gasteiger partial charge < -0.3 is 5.32 Å². The summed E-state index contributed by atoms with van der Waals surface area (Å²) < 4.78 is 13.0. The molecule has 2 aromatic rings. The molecule has 0 aromatic heterocycles. The average Bonchev–Trinajstić information content (AvgIpc) is 2.62. The zero-order chi connectivity index (χ0) is 16.1. The van der Waals surface area contributed by atoms with Gasteiger partial charge in [-0.25, -0.2) is 4.39 Å². The third kappa shape index (κ3) is 3.44. The molecule has 0 atom stereocenters. The summed E-state index contributed by atoms with van der Waals surface area (Å²) in [5.41, 5.74) is 3.45. The van der Waals surface area contributed by atoms with Crippen molar-refractivity contribution in [3.05, 3.63) is 59.9 Å². The number of hydrogen-bond acceptors (Lipinski definition) is 1. The minimum atomic E-state index is -0.216. The largest absolute Gasteiger partial charge is 0.358 e. The van der Waals surface area contributed by atoms with Crippen molar-refractivity contribution in [1.82, 2.24) is 5.32 Å². The highest BCUT2D eigenvalue weighted by molar-refractivity contribution is 5.63. The molecule has 0 bridgehead atoms. The summed E-state index contributed by atoms with van der Waals surface area (Å²) in [7, 11) is 0. The van der Waals surface area contributed by atoms with E-state index in [2.05, 4.69) is 29.6 Å². The van der Waals surface area contributed by atoms with E-state index in [1.807, 2.05) is 0 Å². The number of halogens is 1. The molecule has 120 valence electrons. The number of rotatable bonds is 5. The lowest BCUT2D eigenvalue weighted by molar-refractivity contribution is -0.109. The molecule has 2 nitrogen and oxygen atoms in total. The molecular weight excluding hydrogens is 289 g/mol. The van der Waals surface area contributed by atoms with Crippen LogP contribution in [0.2, 0.25) is 0 Å². The lowest BCUT2D eigenvalue weighted by Gasteiger charge is -2.37. The first-order valence-corrected chi connectivity index (χ1v) is 8.27. The Morgan fingerprint density at radius 2 is 1.48 bits per heavy atom. The molecule has 1 fully saturated rings. The van der Waals surface area contributed by atoms with Gasteiger partial charge in [0.2, 0.25) is 6.41 Å². The average molecular weight is 311 g/mol. The predicted octanol–water partition coefficient (Wildman–Crippen LogP) is 4.44. The van der Waals surface area contributed by atoms with Crippen molar-refractivity contribution < 1.29 is 9.18 Å². The molecule has 0 unspecified atom stereocenters. The summed E-state index contributed by atoms with van der Waals surface area (Å²) >= 11 is 0. The summed E-state index contributed by atoms with van der Waals surface area (Å²) in [6.45, 7) is 0.701. The van der Waals surface area contributed by atoms with Gasteiger partial charge in [0.05, 0.1) is 0 Å². The second-order valence-corrected chi connectivity index (χ2v) is 6.42. The Labute approximate surface area is 136 Å².